The van der Waals surface area contributed by atoms with Crippen molar-refractivity contribution in [1.29, 1.82) is 0 Å². The standard InChI is InChI=1S/C15H26N2O11/c18-5-6(19)10(17-8(20)2-1-3-9(21)22)14(26)16-4-7-11(23)12(24)13(25)15(27)28-7/h6-7,10-13,15,18-19,23-25,27H,1-5H2,(H,16,26)(H,17,20)(H,21,22)/t6-,7-,10-,11+,12+,13-,15+/m0/s1. The summed E-state index contributed by atoms with van der Waals surface area (Å²) in [6, 6.07) is -1.58. The van der Waals surface area contributed by atoms with Gasteiger partial charge in [-0.3, -0.25) is 14.4 Å². The van der Waals surface area contributed by atoms with E-state index in [9.17, 15) is 39.9 Å². The van der Waals surface area contributed by atoms with Gasteiger partial charge in [-0.05, 0) is 6.42 Å². The fourth-order valence-electron chi connectivity index (χ4n) is 2.50. The first-order valence-corrected chi connectivity index (χ1v) is 8.54. The van der Waals surface area contributed by atoms with E-state index in [1.165, 1.54) is 0 Å². The summed E-state index contributed by atoms with van der Waals surface area (Å²) in [6.45, 7) is -1.32. The zero-order valence-electron chi connectivity index (χ0n) is 14.8. The van der Waals surface area contributed by atoms with Gasteiger partial charge in [0.2, 0.25) is 11.8 Å². The smallest absolute Gasteiger partial charge is 0.303 e. The minimum atomic E-state index is -1.80. The van der Waals surface area contributed by atoms with Crippen LogP contribution in [0.25, 0.3) is 0 Å². The number of nitrogens with one attached hydrogen (secondary N) is 2. The molecule has 2 amide bonds. The lowest BCUT2D eigenvalue weighted by Crippen LogP contribution is -2.61. The molecule has 0 unspecified atom stereocenters. The summed E-state index contributed by atoms with van der Waals surface area (Å²) in [5.74, 6) is -2.78. The number of hydrogen-bond donors (Lipinski definition) is 9. The van der Waals surface area contributed by atoms with Crippen LogP contribution in [0, 0.1) is 0 Å². The number of amides is 2. The SMILES string of the molecule is O=C(O)CCCC(=O)N[C@H](C(=O)NC[C@@H]1O[C@@H](O)[C@@H](O)[C@H](O)[C@@H]1O)[C@@H](O)CO. The van der Waals surface area contributed by atoms with Gasteiger partial charge in [0.05, 0.1) is 6.61 Å². The van der Waals surface area contributed by atoms with Crippen molar-refractivity contribution < 1.29 is 54.9 Å². The van der Waals surface area contributed by atoms with Gasteiger partial charge in [0, 0.05) is 19.4 Å². The maximum absolute atomic E-state index is 12.2. The Balaban J connectivity index is 2.62. The van der Waals surface area contributed by atoms with Crippen LogP contribution >= 0.6 is 0 Å². The average molecular weight is 410 g/mol. The number of carboxylic acids is 1. The van der Waals surface area contributed by atoms with Crippen LogP contribution in [-0.2, 0) is 19.1 Å². The van der Waals surface area contributed by atoms with Crippen LogP contribution in [0.4, 0.5) is 0 Å². The maximum atomic E-state index is 12.2. The van der Waals surface area contributed by atoms with Crippen LogP contribution in [0.1, 0.15) is 19.3 Å². The van der Waals surface area contributed by atoms with Crippen molar-refractivity contribution >= 4 is 17.8 Å². The van der Waals surface area contributed by atoms with Gasteiger partial charge in [0.25, 0.3) is 0 Å². The van der Waals surface area contributed by atoms with Crippen LogP contribution in [0.15, 0.2) is 0 Å². The Morgan fingerprint density at radius 1 is 1.00 bits per heavy atom. The van der Waals surface area contributed by atoms with Crippen molar-refractivity contribution in [3.05, 3.63) is 0 Å². The van der Waals surface area contributed by atoms with Crippen LogP contribution < -0.4 is 10.6 Å². The predicted octanol–water partition coefficient (Wildman–Crippen LogP) is -5.00. The third-order valence-corrected chi connectivity index (χ3v) is 4.13. The molecule has 0 aromatic carbocycles. The molecule has 0 bridgehead atoms. The quantitative estimate of drug-likeness (QED) is 0.166. The molecule has 9 N–H and O–H groups in total. The van der Waals surface area contributed by atoms with Gasteiger partial charge in [-0.25, -0.2) is 0 Å². The first-order chi connectivity index (χ1) is 13.1. The van der Waals surface area contributed by atoms with E-state index in [1.54, 1.807) is 0 Å². The fraction of sp³-hybridized carbons (Fsp3) is 0.800. The summed E-state index contributed by atoms with van der Waals surface area (Å²) in [7, 11) is 0. The number of hydrogen-bond acceptors (Lipinski definition) is 10. The topological polar surface area (TPSA) is 226 Å². The summed E-state index contributed by atoms with van der Waals surface area (Å²) in [6.07, 6.45) is -10.3. The summed E-state index contributed by atoms with van der Waals surface area (Å²) >= 11 is 0. The lowest BCUT2D eigenvalue weighted by Gasteiger charge is -2.38. The molecule has 28 heavy (non-hydrogen) atoms. The van der Waals surface area contributed by atoms with E-state index in [0.717, 1.165) is 0 Å². The first-order valence-electron chi connectivity index (χ1n) is 8.54. The Labute approximate surface area is 159 Å². The zero-order chi connectivity index (χ0) is 21.4. The monoisotopic (exact) mass is 410 g/mol. The van der Waals surface area contributed by atoms with Crippen LogP contribution in [0.3, 0.4) is 0 Å². The summed E-state index contributed by atoms with van der Waals surface area (Å²) in [5.41, 5.74) is 0. The van der Waals surface area contributed by atoms with Crippen LogP contribution in [0.2, 0.25) is 0 Å². The van der Waals surface area contributed by atoms with Gasteiger partial charge in [-0.1, -0.05) is 0 Å². The minimum absolute atomic E-state index is 0.00490. The molecule has 0 saturated carbocycles. The molecule has 13 heteroatoms. The average Bonchev–Trinajstić information content (AvgIpc) is 2.65. The molecule has 0 aromatic heterocycles. The van der Waals surface area contributed by atoms with E-state index >= 15 is 0 Å². The number of carbonyl (C=O) groups excluding carboxylic acids is 2. The third-order valence-electron chi connectivity index (χ3n) is 4.13. The molecule has 13 nitrogen and oxygen atoms in total. The maximum Gasteiger partial charge on any atom is 0.303 e. The molecule has 1 saturated heterocycles. The second-order valence-corrected chi connectivity index (χ2v) is 6.32. The molecule has 1 aliphatic heterocycles. The Kier molecular flexibility index (Phi) is 9.68. The van der Waals surface area contributed by atoms with Crippen LogP contribution in [0.5, 0.6) is 0 Å². The van der Waals surface area contributed by atoms with Gasteiger partial charge in [0.1, 0.15) is 36.6 Å². The van der Waals surface area contributed by atoms with Crippen molar-refractivity contribution in [2.24, 2.45) is 0 Å². The highest BCUT2D eigenvalue weighted by Crippen LogP contribution is 2.19. The molecule has 1 heterocycles. The molecule has 0 spiro atoms. The van der Waals surface area contributed by atoms with Crippen molar-refractivity contribution in [3.63, 3.8) is 0 Å². The molecule has 0 aliphatic carbocycles. The van der Waals surface area contributed by atoms with Crippen molar-refractivity contribution in [2.75, 3.05) is 13.2 Å². The van der Waals surface area contributed by atoms with E-state index in [-0.39, 0.29) is 19.3 Å². The summed E-state index contributed by atoms with van der Waals surface area (Å²) in [4.78, 5) is 34.5. The highest BCUT2D eigenvalue weighted by molar-refractivity contribution is 5.88. The minimum Gasteiger partial charge on any atom is -0.481 e. The van der Waals surface area contributed by atoms with Crippen molar-refractivity contribution in [3.8, 4) is 0 Å². The zero-order valence-corrected chi connectivity index (χ0v) is 14.8. The Bertz CT molecular complexity index is 546. The number of aliphatic hydroxyl groups is 6. The highest BCUT2D eigenvalue weighted by atomic mass is 16.6. The first kappa shape index (κ1) is 24.2. The van der Waals surface area contributed by atoms with Gasteiger partial charge in [-0.2, -0.15) is 0 Å². The molecule has 162 valence electrons. The molecule has 1 rings (SSSR count). The molecule has 0 aromatic rings. The summed E-state index contributed by atoms with van der Waals surface area (Å²) < 4.78 is 4.88. The van der Waals surface area contributed by atoms with E-state index in [0.29, 0.717) is 0 Å². The molecular weight excluding hydrogens is 384 g/mol. The van der Waals surface area contributed by atoms with Gasteiger partial charge in [-0.15, -0.1) is 0 Å². The van der Waals surface area contributed by atoms with Crippen molar-refractivity contribution in [2.45, 2.75) is 62.1 Å². The second-order valence-electron chi connectivity index (χ2n) is 6.32. The number of ether oxygens (including phenoxy) is 1. The molecule has 7 atom stereocenters. The van der Waals surface area contributed by atoms with Gasteiger partial charge < -0.3 is 51.1 Å². The molecule has 1 fully saturated rings. The number of rotatable bonds is 10. The lowest BCUT2D eigenvalue weighted by atomic mass is 9.99. The van der Waals surface area contributed by atoms with Gasteiger partial charge in [0.15, 0.2) is 6.29 Å². The number of aliphatic hydroxyl groups excluding tert-OH is 6. The molecular formula is C15H26N2O11. The fourth-order valence-corrected chi connectivity index (χ4v) is 2.50. The largest absolute Gasteiger partial charge is 0.481 e. The van der Waals surface area contributed by atoms with E-state index in [1.807, 2.05) is 0 Å². The normalized spacial score (nSPS) is 29.6. The number of carbonyl (C=O) groups is 3. The van der Waals surface area contributed by atoms with E-state index in [4.69, 9.17) is 14.9 Å². The molecule has 1 aliphatic rings. The Morgan fingerprint density at radius 2 is 1.64 bits per heavy atom. The predicted molar refractivity (Wildman–Crippen MR) is 88.4 cm³/mol. The Morgan fingerprint density at radius 3 is 2.21 bits per heavy atom. The summed E-state index contributed by atoms with van der Waals surface area (Å²) in [5, 5.41) is 70.0. The molecule has 0 radical (unpaired) electrons. The second kappa shape index (κ2) is 11.2. The van der Waals surface area contributed by atoms with E-state index in [2.05, 4.69) is 10.6 Å². The third kappa shape index (κ3) is 6.94. The number of carboxylic acid groups (broad SMARTS) is 1. The lowest BCUT2D eigenvalue weighted by molar-refractivity contribution is -0.280. The Hall–Kier alpha value is -1.87. The highest BCUT2D eigenvalue weighted by Gasteiger charge is 2.43. The van der Waals surface area contributed by atoms with Crippen LogP contribution in [-0.4, -0.2) is 110 Å². The van der Waals surface area contributed by atoms with Crippen molar-refractivity contribution in [1.82, 2.24) is 10.6 Å². The van der Waals surface area contributed by atoms with Gasteiger partial charge >= 0.3 is 5.97 Å². The van der Waals surface area contributed by atoms with E-state index < -0.39 is 73.8 Å². The number of aliphatic carboxylic acids is 1.